The van der Waals surface area contributed by atoms with Crippen molar-refractivity contribution in [2.75, 3.05) is 6.61 Å². The van der Waals surface area contributed by atoms with Crippen LogP contribution in [0, 0.1) is 0 Å². The number of halogens is 1. The fraction of sp³-hybridized carbons (Fsp3) is 0.600. The highest BCUT2D eigenvalue weighted by molar-refractivity contribution is 14.1. The Bertz CT molecular complexity index is 223. The average Bonchev–Trinajstić information content (AvgIpc) is 2.16. The maximum Gasteiger partial charge on any atom is 0.103 e. The van der Waals surface area contributed by atoms with Crippen LogP contribution >= 0.6 is 22.6 Å². The zero-order valence-electron chi connectivity index (χ0n) is 7.92. The first-order valence-corrected chi connectivity index (χ1v) is 5.74. The molecule has 1 aliphatic carbocycles. The van der Waals surface area contributed by atoms with Crippen molar-refractivity contribution in [3.63, 3.8) is 0 Å². The van der Waals surface area contributed by atoms with Crippen LogP contribution in [0.4, 0.5) is 0 Å². The van der Waals surface area contributed by atoms with Gasteiger partial charge in [0.2, 0.25) is 0 Å². The fourth-order valence-corrected chi connectivity index (χ4v) is 1.49. The number of rotatable bonds is 4. The summed E-state index contributed by atoms with van der Waals surface area (Å²) in [5.41, 5.74) is 5.75. The number of hydrogen-bond acceptors (Lipinski definition) is 2. The van der Waals surface area contributed by atoms with Crippen molar-refractivity contribution in [3.05, 3.63) is 21.5 Å². The van der Waals surface area contributed by atoms with Gasteiger partial charge in [0, 0.05) is 12.5 Å². The van der Waals surface area contributed by atoms with Crippen LogP contribution in [0.1, 0.15) is 26.2 Å². The van der Waals surface area contributed by atoms with Crippen molar-refractivity contribution in [1.82, 2.24) is 0 Å². The molecule has 0 saturated carbocycles. The highest BCUT2D eigenvalue weighted by Gasteiger charge is 2.06. The second-order valence-electron chi connectivity index (χ2n) is 3.23. The molecule has 74 valence electrons. The zero-order chi connectivity index (χ0) is 9.68. The SMILES string of the molecule is CCC(N)COC1=CC=C(I)CC1. The lowest BCUT2D eigenvalue weighted by Gasteiger charge is -2.15. The molecule has 0 aliphatic heterocycles. The van der Waals surface area contributed by atoms with E-state index in [1.807, 2.05) is 6.08 Å². The van der Waals surface area contributed by atoms with E-state index in [0.29, 0.717) is 6.61 Å². The molecule has 1 atom stereocenters. The smallest absolute Gasteiger partial charge is 0.103 e. The molecule has 0 radical (unpaired) electrons. The zero-order valence-corrected chi connectivity index (χ0v) is 10.1. The van der Waals surface area contributed by atoms with Crippen molar-refractivity contribution < 1.29 is 4.74 Å². The van der Waals surface area contributed by atoms with E-state index in [2.05, 4.69) is 35.6 Å². The lowest BCUT2D eigenvalue weighted by atomic mass is 10.1. The molecule has 0 amide bonds. The Balaban J connectivity index is 2.30. The normalized spacial score (nSPS) is 19.0. The summed E-state index contributed by atoms with van der Waals surface area (Å²) in [6.45, 7) is 2.72. The Morgan fingerprint density at radius 3 is 2.85 bits per heavy atom. The van der Waals surface area contributed by atoms with Gasteiger partial charge >= 0.3 is 0 Å². The molecule has 0 bridgehead atoms. The minimum atomic E-state index is 0.172. The second kappa shape index (κ2) is 5.65. The molecule has 0 heterocycles. The van der Waals surface area contributed by atoms with Crippen LogP contribution in [0.25, 0.3) is 0 Å². The lowest BCUT2D eigenvalue weighted by Crippen LogP contribution is -2.24. The third-order valence-corrected chi connectivity index (χ3v) is 2.97. The molecule has 0 aromatic rings. The van der Waals surface area contributed by atoms with E-state index in [1.165, 1.54) is 3.58 Å². The third-order valence-electron chi connectivity index (χ3n) is 2.07. The van der Waals surface area contributed by atoms with E-state index in [0.717, 1.165) is 25.0 Å². The monoisotopic (exact) mass is 293 g/mol. The molecule has 0 spiro atoms. The van der Waals surface area contributed by atoms with Gasteiger partial charge < -0.3 is 10.5 Å². The summed E-state index contributed by atoms with van der Waals surface area (Å²) in [4.78, 5) is 0. The molecule has 0 fully saturated rings. The second-order valence-corrected chi connectivity index (χ2v) is 4.61. The van der Waals surface area contributed by atoms with Crippen molar-refractivity contribution in [2.24, 2.45) is 5.73 Å². The summed E-state index contributed by atoms with van der Waals surface area (Å²) in [6, 6.07) is 0.172. The molecule has 0 saturated heterocycles. The first kappa shape index (κ1) is 11.0. The van der Waals surface area contributed by atoms with E-state index in [1.54, 1.807) is 0 Å². The van der Waals surface area contributed by atoms with Crippen LogP contribution in [0.2, 0.25) is 0 Å². The van der Waals surface area contributed by atoms with Gasteiger partial charge in [-0.15, -0.1) is 0 Å². The van der Waals surface area contributed by atoms with Gasteiger partial charge in [0.25, 0.3) is 0 Å². The van der Waals surface area contributed by atoms with Crippen molar-refractivity contribution in [2.45, 2.75) is 32.2 Å². The maximum absolute atomic E-state index is 5.75. The van der Waals surface area contributed by atoms with Gasteiger partial charge in [0.05, 0.1) is 5.76 Å². The quantitative estimate of drug-likeness (QED) is 0.809. The molecule has 13 heavy (non-hydrogen) atoms. The lowest BCUT2D eigenvalue weighted by molar-refractivity contribution is 0.182. The number of ether oxygens (including phenoxy) is 1. The Morgan fingerprint density at radius 2 is 2.31 bits per heavy atom. The molecule has 0 aromatic heterocycles. The predicted molar refractivity (Wildman–Crippen MR) is 63.6 cm³/mol. The largest absolute Gasteiger partial charge is 0.496 e. The van der Waals surface area contributed by atoms with Crippen LogP contribution in [-0.2, 0) is 4.74 Å². The van der Waals surface area contributed by atoms with Gasteiger partial charge in [0.1, 0.15) is 6.61 Å². The van der Waals surface area contributed by atoms with Crippen LogP contribution in [0.5, 0.6) is 0 Å². The molecular formula is C10H16INO. The molecular weight excluding hydrogens is 277 g/mol. The van der Waals surface area contributed by atoms with E-state index in [9.17, 15) is 0 Å². The molecule has 3 heteroatoms. The van der Waals surface area contributed by atoms with Gasteiger partial charge in [-0.05, 0) is 51.2 Å². The van der Waals surface area contributed by atoms with Crippen molar-refractivity contribution in [1.29, 1.82) is 0 Å². The summed E-state index contributed by atoms with van der Waals surface area (Å²) in [5, 5.41) is 0. The minimum Gasteiger partial charge on any atom is -0.496 e. The van der Waals surface area contributed by atoms with Crippen molar-refractivity contribution in [3.8, 4) is 0 Å². The molecule has 2 N–H and O–H groups in total. The molecule has 1 unspecified atom stereocenters. The van der Waals surface area contributed by atoms with Crippen molar-refractivity contribution >= 4 is 22.6 Å². The fourth-order valence-electron chi connectivity index (χ4n) is 1.04. The predicted octanol–water partition coefficient (Wildman–Crippen LogP) is 2.74. The van der Waals surface area contributed by atoms with Gasteiger partial charge in [0.15, 0.2) is 0 Å². The molecule has 1 aliphatic rings. The Hall–Kier alpha value is -0.0300. The summed E-state index contributed by atoms with van der Waals surface area (Å²) < 4.78 is 6.97. The number of hydrogen-bond donors (Lipinski definition) is 1. The third kappa shape index (κ3) is 4.13. The van der Waals surface area contributed by atoms with E-state index < -0.39 is 0 Å². The van der Waals surface area contributed by atoms with Gasteiger partial charge in [-0.1, -0.05) is 6.92 Å². The highest BCUT2D eigenvalue weighted by atomic mass is 127. The van der Waals surface area contributed by atoms with Crippen LogP contribution in [0.3, 0.4) is 0 Å². The molecule has 2 nitrogen and oxygen atoms in total. The van der Waals surface area contributed by atoms with E-state index >= 15 is 0 Å². The summed E-state index contributed by atoms with van der Waals surface area (Å²) in [7, 11) is 0. The minimum absolute atomic E-state index is 0.172. The summed E-state index contributed by atoms with van der Waals surface area (Å²) in [5.74, 6) is 1.07. The molecule has 0 aromatic carbocycles. The maximum atomic E-state index is 5.75. The first-order chi connectivity index (χ1) is 6.22. The van der Waals surface area contributed by atoms with Gasteiger partial charge in [-0.3, -0.25) is 0 Å². The van der Waals surface area contributed by atoms with E-state index in [-0.39, 0.29) is 6.04 Å². The number of allylic oxidation sites excluding steroid dienone is 4. The van der Waals surface area contributed by atoms with Crippen LogP contribution in [-0.4, -0.2) is 12.6 Å². The van der Waals surface area contributed by atoms with Gasteiger partial charge in [-0.2, -0.15) is 0 Å². The Labute approximate surface area is 93.4 Å². The topological polar surface area (TPSA) is 35.2 Å². The van der Waals surface area contributed by atoms with Crippen LogP contribution < -0.4 is 5.73 Å². The van der Waals surface area contributed by atoms with E-state index in [4.69, 9.17) is 10.5 Å². The average molecular weight is 293 g/mol. The first-order valence-electron chi connectivity index (χ1n) is 4.66. The summed E-state index contributed by atoms with van der Waals surface area (Å²) >= 11 is 2.35. The molecule has 1 rings (SSSR count). The van der Waals surface area contributed by atoms with Gasteiger partial charge in [-0.25, -0.2) is 0 Å². The summed E-state index contributed by atoms with van der Waals surface area (Å²) in [6.07, 6.45) is 7.25. The van der Waals surface area contributed by atoms with Crippen LogP contribution in [0.15, 0.2) is 21.5 Å². The standard InChI is InChI=1S/C10H16INO/c1-2-9(12)7-13-10-5-3-8(11)4-6-10/h3,5,9H,2,4,6-7,12H2,1H3. The highest BCUT2D eigenvalue weighted by Crippen LogP contribution is 2.23. The Kier molecular flexibility index (Phi) is 4.80. The number of nitrogens with two attached hydrogens (primary N) is 1. The Morgan fingerprint density at radius 1 is 1.54 bits per heavy atom.